The number of halogens is 2. The van der Waals surface area contributed by atoms with Gasteiger partial charge < -0.3 is 0 Å². The smallest absolute Gasteiger partial charge is 0.163 e. The molecule has 0 radical (unpaired) electrons. The first-order valence-corrected chi connectivity index (χ1v) is 7.57. The van der Waals surface area contributed by atoms with Crippen molar-refractivity contribution in [2.24, 2.45) is 0 Å². The number of aromatic nitrogens is 2. The van der Waals surface area contributed by atoms with Crippen molar-refractivity contribution in [1.29, 1.82) is 0 Å². The van der Waals surface area contributed by atoms with Crippen molar-refractivity contribution in [1.82, 2.24) is 9.97 Å². The first-order valence-electron chi connectivity index (χ1n) is 6.82. The molecule has 0 atom stereocenters. The number of aryl methyl sites for hydroxylation is 2. The molecule has 4 heteroatoms. The van der Waals surface area contributed by atoms with Crippen molar-refractivity contribution in [2.45, 2.75) is 20.3 Å². The van der Waals surface area contributed by atoms with Gasteiger partial charge in [-0.1, -0.05) is 48.3 Å². The van der Waals surface area contributed by atoms with Crippen LogP contribution in [0.15, 0.2) is 36.4 Å². The molecule has 3 rings (SSSR count). The lowest BCUT2D eigenvalue weighted by Gasteiger charge is -2.08. The van der Waals surface area contributed by atoms with Gasteiger partial charge in [0.15, 0.2) is 5.82 Å². The summed E-state index contributed by atoms with van der Waals surface area (Å²) >= 11 is 12.7. The van der Waals surface area contributed by atoms with E-state index in [1.165, 1.54) is 5.56 Å². The van der Waals surface area contributed by atoms with Crippen LogP contribution in [-0.2, 0) is 6.42 Å². The van der Waals surface area contributed by atoms with E-state index in [2.05, 4.69) is 23.0 Å². The fourth-order valence-electron chi connectivity index (χ4n) is 2.30. The fourth-order valence-corrected chi connectivity index (χ4v) is 2.74. The minimum absolute atomic E-state index is 0.461. The molecule has 0 unspecified atom stereocenters. The molecule has 0 amide bonds. The highest BCUT2D eigenvalue weighted by atomic mass is 35.5. The van der Waals surface area contributed by atoms with Gasteiger partial charge in [-0.25, -0.2) is 9.97 Å². The molecule has 1 heterocycles. The standard InChI is InChI=1S/C17H14Cl2N2/c1-3-11-7-8-14-13(9-11)16(19)21-17(20-14)12-6-4-5-10(2)15(12)18/h4-9H,3H2,1-2H3. The van der Waals surface area contributed by atoms with Crippen LogP contribution < -0.4 is 0 Å². The lowest BCUT2D eigenvalue weighted by Crippen LogP contribution is -1.94. The Balaban J connectivity index is 2.23. The van der Waals surface area contributed by atoms with Crippen molar-refractivity contribution < 1.29 is 0 Å². The van der Waals surface area contributed by atoms with Crippen LogP contribution in [0, 0.1) is 6.92 Å². The second-order valence-corrected chi connectivity index (χ2v) is 5.72. The maximum atomic E-state index is 6.36. The van der Waals surface area contributed by atoms with Crippen molar-refractivity contribution >= 4 is 34.1 Å². The number of fused-ring (bicyclic) bond motifs is 1. The Bertz CT molecular complexity index is 828. The maximum absolute atomic E-state index is 6.36. The largest absolute Gasteiger partial charge is 0.228 e. The molecule has 0 fully saturated rings. The Morgan fingerprint density at radius 2 is 1.86 bits per heavy atom. The normalized spacial score (nSPS) is 11.0. The highest BCUT2D eigenvalue weighted by molar-refractivity contribution is 6.35. The number of hydrogen-bond donors (Lipinski definition) is 0. The minimum Gasteiger partial charge on any atom is -0.228 e. The lowest BCUT2D eigenvalue weighted by molar-refractivity contribution is 1.14. The molecule has 21 heavy (non-hydrogen) atoms. The summed E-state index contributed by atoms with van der Waals surface area (Å²) in [5.41, 5.74) is 3.85. The quantitative estimate of drug-likeness (QED) is 0.585. The highest BCUT2D eigenvalue weighted by Crippen LogP contribution is 2.31. The Labute approximate surface area is 133 Å². The summed E-state index contributed by atoms with van der Waals surface area (Å²) < 4.78 is 0. The van der Waals surface area contributed by atoms with E-state index in [-0.39, 0.29) is 0 Å². The number of hydrogen-bond acceptors (Lipinski definition) is 2. The third kappa shape index (κ3) is 2.61. The Kier molecular flexibility index (Phi) is 3.83. The van der Waals surface area contributed by atoms with E-state index in [1.807, 2.05) is 37.3 Å². The van der Waals surface area contributed by atoms with E-state index >= 15 is 0 Å². The topological polar surface area (TPSA) is 25.8 Å². The van der Waals surface area contributed by atoms with Crippen molar-refractivity contribution in [3.63, 3.8) is 0 Å². The monoisotopic (exact) mass is 316 g/mol. The molecule has 2 aromatic carbocycles. The van der Waals surface area contributed by atoms with Gasteiger partial charge in [-0.15, -0.1) is 0 Å². The zero-order valence-corrected chi connectivity index (χ0v) is 13.3. The zero-order valence-electron chi connectivity index (χ0n) is 11.8. The summed E-state index contributed by atoms with van der Waals surface area (Å²) in [6, 6.07) is 11.9. The second kappa shape index (κ2) is 5.63. The molecule has 106 valence electrons. The highest BCUT2D eigenvalue weighted by Gasteiger charge is 2.12. The van der Waals surface area contributed by atoms with Crippen molar-refractivity contribution in [3.8, 4) is 11.4 Å². The van der Waals surface area contributed by atoms with Crippen LogP contribution in [0.25, 0.3) is 22.3 Å². The zero-order chi connectivity index (χ0) is 15.0. The van der Waals surface area contributed by atoms with E-state index in [0.717, 1.165) is 28.5 Å². The number of nitrogens with zero attached hydrogens (tertiary/aromatic N) is 2. The minimum atomic E-state index is 0.461. The van der Waals surface area contributed by atoms with E-state index in [0.29, 0.717) is 16.0 Å². The van der Waals surface area contributed by atoms with Crippen molar-refractivity contribution in [2.75, 3.05) is 0 Å². The van der Waals surface area contributed by atoms with Crippen LogP contribution >= 0.6 is 23.2 Å². The molecule has 2 nitrogen and oxygen atoms in total. The fraction of sp³-hybridized carbons (Fsp3) is 0.176. The summed E-state index contributed by atoms with van der Waals surface area (Å²) in [6.45, 7) is 4.07. The first-order chi connectivity index (χ1) is 10.1. The van der Waals surface area contributed by atoms with Crippen LogP contribution in [-0.4, -0.2) is 9.97 Å². The van der Waals surface area contributed by atoms with Crippen molar-refractivity contribution in [3.05, 3.63) is 57.7 Å². The molecule has 0 saturated heterocycles. The van der Waals surface area contributed by atoms with E-state index < -0.39 is 0 Å². The van der Waals surface area contributed by atoms with Crippen LogP contribution in [0.2, 0.25) is 10.2 Å². The van der Waals surface area contributed by atoms with Gasteiger partial charge in [0.25, 0.3) is 0 Å². The van der Waals surface area contributed by atoms with Gasteiger partial charge in [-0.3, -0.25) is 0 Å². The number of benzene rings is 2. The van der Waals surface area contributed by atoms with E-state index in [9.17, 15) is 0 Å². The molecular formula is C17H14Cl2N2. The third-order valence-electron chi connectivity index (χ3n) is 3.55. The molecule has 0 aliphatic heterocycles. The SMILES string of the molecule is CCc1ccc2nc(-c3cccc(C)c3Cl)nc(Cl)c2c1. The Morgan fingerprint density at radius 1 is 1.05 bits per heavy atom. The predicted molar refractivity (Wildman–Crippen MR) is 89.1 cm³/mol. The van der Waals surface area contributed by atoms with Crippen LogP contribution in [0.1, 0.15) is 18.1 Å². The Hall–Kier alpha value is -1.64. The van der Waals surface area contributed by atoms with Gasteiger partial charge >= 0.3 is 0 Å². The second-order valence-electron chi connectivity index (χ2n) is 4.98. The van der Waals surface area contributed by atoms with Gasteiger partial charge in [0, 0.05) is 10.9 Å². The van der Waals surface area contributed by atoms with Gasteiger partial charge in [-0.2, -0.15) is 0 Å². The van der Waals surface area contributed by atoms with Gasteiger partial charge in [0.2, 0.25) is 0 Å². The molecule has 0 N–H and O–H groups in total. The molecule has 3 aromatic rings. The molecule has 0 aliphatic carbocycles. The maximum Gasteiger partial charge on any atom is 0.163 e. The van der Waals surface area contributed by atoms with Crippen LogP contribution in [0.4, 0.5) is 0 Å². The third-order valence-corrected chi connectivity index (χ3v) is 4.34. The predicted octanol–water partition coefficient (Wildman–Crippen LogP) is 5.47. The van der Waals surface area contributed by atoms with Gasteiger partial charge in [0.05, 0.1) is 10.5 Å². The van der Waals surface area contributed by atoms with Crippen LogP contribution in [0.3, 0.4) is 0 Å². The molecule has 0 saturated carbocycles. The summed E-state index contributed by atoms with van der Waals surface area (Å²) in [7, 11) is 0. The molecule has 0 bridgehead atoms. The summed E-state index contributed by atoms with van der Waals surface area (Å²) in [4.78, 5) is 9.02. The average molecular weight is 317 g/mol. The van der Waals surface area contributed by atoms with Crippen LogP contribution in [0.5, 0.6) is 0 Å². The Morgan fingerprint density at radius 3 is 2.62 bits per heavy atom. The summed E-state index contributed by atoms with van der Waals surface area (Å²) in [6.07, 6.45) is 0.956. The summed E-state index contributed by atoms with van der Waals surface area (Å²) in [5.74, 6) is 0.561. The summed E-state index contributed by atoms with van der Waals surface area (Å²) in [5, 5.41) is 2.00. The first kappa shape index (κ1) is 14.3. The van der Waals surface area contributed by atoms with Gasteiger partial charge in [0.1, 0.15) is 5.15 Å². The van der Waals surface area contributed by atoms with E-state index in [4.69, 9.17) is 23.2 Å². The molecule has 0 aliphatic rings. The van der Waals surface area contributed by atoms with Gasteiger partial charge in [-0.05, 0) is 42.7 Å². The molecule has 1 aromatic heterocycles. The molecule has 0 spiro atoms. The molecular weight excluding hydrogens is 303 g/mol. The lowest BCUT2D eigenvalue weighted by atomic mass is 10.1. The number of rotatable bonds is 2. The van der Waals surface area contributed by atoms with E-state index in [1.54, 1.807) is 0 Å². The average Bonchev–Trinajstić information content (AvgIpc) is 2.49.